The van der Waals surface area contributed by atoms with Crippen molar-refractivity contribution in [2.75, 3.05) is 13.6 Å². The second kappa shape index (κ2) is 8.78. The number of aliphatic carboxylic acids is 1. The zero-order chi connectivity index (χ0) is 18.4. The minimum atomic E-state index is -0.725. The number of hydrogen-bond acceptors (Lipinski definition) is 4. The molecule has 3 rings (SSSR count). The maximum atomic E-state index is 10.6. The maximum Gasteiger partial charge on any atom is 0.303 e. The van der Waals surface area contributed by atoms with Gasteiger partial charge in [-0.1, -0.05) is 24.3 Å². The molecule has 1 aromatic carbocycles. The minimum Gasteiger partial charge on any atom is -0.481 e. The van der Waals surface area contributed by atoms with Crippen molar-refractivity contribution in [2.24, 2.45) is 0 Å². The lowest BCUT2D eigenvalue weighted by Crippen LogP contribution is -2.19. The number of nitrogens with zero attached hydrogens (tertiary/aromatic N) is 3. The van der Waals surface area contributed by atoms with E-state index in [1.807, 2.05) is 41.1 Å². The van der Waals surface area contributed by atoms with Gasteiger partial charge in [-0.25, -0.2) is 4.68 Å². The van der Waals surface area contributed by atoms with Gasteiger partial charge in [-0.3, -0.25) is 4.79 Å². The van der Waals surface area contributed by atoms with Crippen LogP contribution in [-0.2, 0) is 11.3 Å². The first-order valence-electron chi connectivity index (χ1n) is 8.71. The van der Waals surface area contributed by atoms with Crippen molar-refractivity contribution in [1.29, 1.82) is 0 Å². The normalized spacial score (nSPS) is 11.2. The topological polar surface area (TPSA) is 58.4 Å². The molecule has 0 fully saturated rings. The van der Waals surface area contributed by atoms with Gasteiger partial charge < -0.3 is 10.0 Å². The molecule has 0 amide bonds. The Morgan fingerprint density at radius 3 is 2.69 bits per heavy atom. The van der Waals surface area contributed by atoms with E-state index in [1.165, 1.54) is 5.56 Å². The third-order valence-electron chi connectivity index (χ3n) is 4.19. The zero-order valence-electron chi connectivity index (χ0n) is 14.8. The molecule has 0 unspecified atom stereocenters. The highest BCUT2D eigenvalue weighted by molar-refractivity contribution is 7.13. The van der Waals surface area contributed by atoms with Crippen molar-refractivity contribution in [3.05, 3.63) is 59.6 Å². The second-order valence-electron chi connectivity index (χ2n) is 6.35. The molecule has 5 nitrogen and oxygen atoms in total. The smallest absolute Gasteiger partial charge is 0.303 e. The highest BCUT2D eigenvalue weighted by atomic mass is 32.1. The van der Waals surface area contributed by atoms with Crippen LogP contribution in [0.1, 0.15) is 24.8 Å². The molecule has 2 aromatic heterocycles. The molecule has 0 aliphatic heterocycles. The van der Waals surface area contributed by atoms with Gasteiger partial charge in [0.1, 0.15) is 5.69 Å². The Bertz CT molecular complexity index is 828. The van der Waals surface area contributed by atoms with Gasteiger partial charge in [0, 0.05) is 24.7 Å². The molecule has 3 aromatic rings. The van der Waals surface area contributed by atoms with Gasteiger partial charge >= 0.3 is 5.97 Å². The average molecular weight is 369 g/mol. The summed E-state index contributed by atoms with van der Waals surface area (Å²) in [4.78, 5) is 14.0. The molecular weight excluding hydrogens is 346 g/mol. The van der Waals surface area contributed by atoms with E-state index in [0.29, 0.717) is 6.42 Å². The van der Waals surface area contributed by atoms with E-state index in [4.69, 9.17) is 10.2 Å². The van der Waals surface area contributed by atoms with Crippen LogP contribution in [0.5, 0.6) is 0 Å². The zero-order valence-corrected chi connectivity index (χ0v) is 15.7. The Morgan fingerprint density at radius 1 is 1.19 bits per heavy atom. The van der Waals surface area contributed by atoms with E-state index < -0.39 is 5.97 Å². The number of carboxylic acid groups (broad SMARTS) is 1. The molecule has 1 N–H and O–H groups in total. The summed E-state index contributed by atoms with van der Waals surface area (Å²) in [5.74, 6) is -0.725. The molecule has 0 aliphatic carbocycles. The first kappa shape index (κ1) is 18.4. The van der Waals surface area contributed by atoms with Crippen molar-refractivity contribution >= 4 is 17.3 Å². The Morgan fingerprint density at radius 2 is 2.00 bits per heavy atom. The van der Waals surface area contributed by atoms with Crippen molar-refractivity contribution in [1.82, 2.24) is 14.7 Å². The highest BCUT2D eigenvalue weighted by Gasteiger charge is 2.14. The number of hydrogen-bond donors (Lipinski definition) is 1. The fourth-order valence-corrected chi connectivity index (χ4v) is 3.63. The first-order chi connectivity index (χ1) is 12.6. The van der Waals surface area contributed by atoms with E-state index >= 15 is 0 Å². The predicted molar refractivity (Wildman–Crippen MR) is 105 cm³/mol. The van der Waals surface area contributed by atoms with Gasteiger partial charge in [-0.05, 0) is 50.0 Å². The number of carboxylic acids is 1. The predicted octanol–water partition coefficient (Wildman–Crippen LogP) is 4.29. The maximum absolute atomic E-state index is 10.6. The third kappa shape index (κ3) is 4.80. The van der Waals surface area contributed by atoms with Gasteiger partial charge in [0.2, 0.25) is 0 Å². The van der Waals surface area contributed by atoms with E-state index in [0.717, 1.165) is 35.8 Å². The quantitative estimate of drug-likeness (QED) is 0.572. The number of para-hydroxylation sites is 1. The van der Waals surface area contributed by atoms with Crippen LogP contribution in [0.2, 0.25) is 0 Å². The molecule has 0 atom stereocenters. The first-order valence-corrected chi connectivity index (χ1v) is 9.59. The Kier molecular flexibility index (Phi) is 6.20. The summed E-state index contributed by atoms with van der Waals surface area (Å²) in [5.41, 5.74) is 3.24. The third-order valence-corrected chi connectivity index (χ3v) is 5.06. The Balaban J connectivity index is 1.75. The van der Waals surface area contributed by atoms with Crippen molar-refractivity contribution in [2.45, 2.75) is 25.8 Å². The summed E-state index contributed by atoms with van der Waals surface area (Å²) in [7, 11) is 2.07. The van der Waals surface area contributed by atoms with E-state index in [1.54, 1.807) is 11.3 Å². The number of unbranched alkanes of at least 4 members (excludes halogenated alkanes) is 1. The molecule has 2 heterocycles. The molecule has 0 saturated carbocycles. The van der Waals surface area contributed by atoms with Crippen molar-refractivity contribution in [3.8, 4) is 16.3 Å². The van der Waals surface area contributed by atoms with Crippen molar-refractivity contribution < 1.29 is 9.90 Å². The molecule has 0 aliphatic rings. The van der Waals surface area contributed by atoms with Crippen LogP contribution in [0.25, 0.3) is 16.3 Å². The number of thiophene rings is 1. The van der Waals surface area contributed by atoms with Gasteiger partial charge in [0.25, 0.3) is 0 Å². The summed E-state index contributed by atoms with van der Waals surface area (Å²) in [6.45, 7) is 1.65. The molecule has 0 spiro atoms. The molecule has 26 heavy (non-hydrogen) atoms. The fraction of sp³-hybridized carbons (Fsp3) is 0.300. The summed E-state index contributed by atoms with van der Waals surface area (Å²) in [6, 6.07) is 14.2. The van der Waals surface area contributed by atoms with Crippen LogP contribution in [0.3, 0.4) is 0 Å². The Labute approximate surface area is 157 Å². The van der Waals surface area contributed by atoms with Gasteiger partial charge in [-0.15, -0.1) is 11.3 Å². The molecule has 0 radical (unpaired) electrons. The molecule has 6 heteroatoms. The number of carbonyl (C=O) groups is 1. The molecule has 136 valence electrons. The second-order valence-corrected chi connectivity index (χ2v) is 7.30. The van der Waals surface area contributed by atoms with Crippen LogP contribution in [0.15, 0.2) is 54.0 Å². The SMILES string of the molecule is CN(CCCCC(=O)O)Cc1cn(-c2ccccc2)nc1-c1cccs1. The lowest BCUT2D eigenvalue weighted by atomic mass is 10.2. The van der Waals surface area contributed by atoms with Crippen LogP contribution in [-0.4, -0.2) is 39.3 Å². The van der Waals surface area contributed by atoms with Crippen LogP contribution >= 0.6 is 11.3 Å². The number of benzene rings is 1. The lowest BCUT2D eigenvalue weighted by molar-refractivity contribution is -0.137. The highest BCUT2D eigenvalue weighted by Crippen LogP contribution is 2.28. The molecule has 0 bridgehead atoms. The van der Waals surface area contributed by atoms with E-state index in [9.17, 15) is 4.79 Å². The minimum absolute atomic E-state index is 0.236. The van der Waals surface area contributed by atoms with Crippen molar-refractivity contribution in [3.63, 3.8) is 0 Å². The summed E-state index contributed by atoms with van der Waals surface area (Å²) < 4.78 is 1.93. The summed E-state index contributed by atoms with van der Waals surface area (Å²) >= 11 is 1.69. The molecule has 0 saturated heterocycles. The average Bonchev–Trinajstić information content (AvgIpc) is 3.29. The largest absolute Gasteiger partial charge is 0.481 e. The van der Waals surface area contributed by atoms with Crippen LogP contribution in [0.4, 0.5) is 0 Å². The lowest BCUT2D eigenvalue weighted by Gasteiger charge is -2.15. The van der Waals surface area contributed by atoms with E-state index in [-0.39, 0.29) is 6.42 Å². The van der Waals surface area contributed by atoms with Gasteiger partial charge in [0.05, 0.1) is 10.6 Å². The fourth-order valence-electron chi connectivity index (χ4n) is 2.89. The van der Waals surface area contributed by atoms with Gasteiger partial charge in [0.15, 0.2) is 0 Å². The Hall–Kier alpha value is -2.44. The van der Waals surface area contributed by atoms with Crippen LogP contribution < -0.4 is 0 Å². The number of aromatic nitrogens is 2. The number of rotatable bonds is 9. The molecular formula is C20H23N3O2S. The van der Waals surface area contributed by atoms with Gasteiger partial charge in [-0.2, -0.15) is 5.10 Å². The monoisotopic (exact) mass is 369 g/mol. The standard InChI is InChI=1S/C20H23N3O2S/c1-22(12-6-5-11-19(24)25)14-16-15-23(17-8-3-2-4-9-17)21-20(16)18-10-7-13-26-18/h2-4,7-10,13,15H,5-6,11-12,14H2,1H3,(H,24,25). The summed E-state index contributed by atoms with van der Waals surface area (Å²) in [6.07, 6.45) is 3.92. The summed E-state index contributed by atoms with van der Waals surface area (Å²) in [5, 5.41) is 15.6. The van der Waals surface area contributed by atoms with Crippen LogP contribution in [0, 0.1) is 0 Å². The van der Waals surface area contributed by atoms with E-state index in [2.05, 4.69) is 29.6 Å².